The van der Waals surface area contributed by atoms with Gasteiger partial charge < -0.3 is 19.7 Å². The Kier molecular flexibility index (Phi) is 7.73. The van der Waals surface area contributed by atoms with E-state index in [2.05, 4.69) is 20.3 Å². The summed E-state index contributed by atoms with van der Waals surface area (Å²) in [4.78, 5) is 38.4. The van der Waals surface area contributed by atoms with E-state index in [9.17, 15) is 22.8 Å². The van der Waals surface area contributed by atoms with E-state index in [0.29, 0.717) is 28.4 Å². The van der Waals surface area contributed by atoms with Crippen molar-refractivity contribution in [1.29, 1.82) is 0 Å². The van der Waals surface area contributed by atoms with Gasteiger partial charge in [-0.3, -0.25) is 9.59 Å². The number of benzene rings is 1. The van der Waals surface area contributed by atoms with Crippen molar-refractivity contribution in [2.75, 3.05) is 26.8 Å². The Hall–Kier alpha value is -3.58. The molecule has 1 aliphatic heterocycles. The largest absolute Gasteiger partial charge is 0.491 e. The third-order valence-electron chi connectivity index (χ3n) is 5.59. The van der Waals surface area contributed by atoms with Crippen molar-refractivity contribution >= 4 is 23.2 Å². The topological polar surface area (TPSA) is 107 Å². The lowest BCUT2D eigenvalue weighted by atomic mass is 10.1. The number of hydrogen-bond acceptors (Lipinski definition) is 8. The summed E-state index contributed by atoms with van der Waals surface area (Å²) in [7, 11) is 1.69. The summed E-state index contributed by atoms with van der Waals surface area (Å²) in [6.07, 6.45) is -1.18. The van der Waals surface area contributed by atoms with Crippen molar-refractivity contribution in [1.82, 2.24) is 25.2 Å². The van der Waals surface area contributed by atoms with Gasteiger partial charge in [0.15, 0.2) is 0 Å². The van der Waals surface area contributed by atoms with Gasteiger partial charge in [-0.05, 0) is 32.0 Å². The van der Waals surface area contributed by atoms with Crippen LogP contribution in [0.5, 0.6) is 5.75 Å². The van der Waals surface area contributed by atoms with Crippen LogP contribution in [0.2, 0.25) is 0 Å². The molecular weight excluding hydrogens is 511 g/mol. The van der Waals surface area contributed by atoms with Gasteiger partial charge in [0, 0.05) is 53.8 Å². The molecule has 3 heterocycles. The van der Waals surface area contributed by atoms with Crippen LogP contribution in [0.4, 0.5) is 13.2 Å². The minimum Gasteiger partial charge on any atom is -0.491 e. The van der Waals surface area contributed by atoms with E-state index >= 15 is 0 Å². The number of ether oxygens (including phenoxy) is 2. The Morgan fingerprint density at radius 1 is 1.24 bits per heavy atom. The monoisotopic (exact) mass is 535 g/mol. The summed E-state index contributed by atoms with van der Waals surface area (Å²) >= 11 is 1.46. The quantitative estimate of drug-likeness (QED) is 0.492. The van der Waals surface area contributed by atoms with Crippen LogP contribution in [0.1, 0.15) is 39.6 Å². The van der Waals surface area contributed by atoms with Gasteiger partial charge in [0.2, 0.25) is 11.7 Å². The van der Waals surface area contributed by atoms with Gasteiger partial charge in [-0.2, -0.15) is 13.2 Å². The first-order valence-corrected chi connectivity index (χ1v) is 12.1. The summed E-state index contributed by atoms with van der Waals surface area (Å²) in [5.74, 6) is -1.42. The van der Waals surface area contributed by atoms with E-state index in [1.54, 1.807) is 43.3 Å². The number of alkyl halides is 3. The highest BCUT2D eigenvalue weighted by molar-refractivity contribution is 7.14. The second-order valence-electron chi connectivity index (χ2n) is 8.57. The molecule has 4 rings (SSSR count). The van der Waals surface area contributed by atoms with Crippen molar-refractivity contribution in [3.8, 4) is 16.3 Å². The highest BCUT2D eigenvalue weighted by Gasteiger charge is 2.34. The van der Waals surface area contributed by atoms with E-state index in [-0.39, 0.29) is 30.8 Å². The van der Waals surface area contributed by atoms with Gasteiger partial charge in [0.25, 0.3) is 5.91 Å². The van der Waals surface area contributed by atoms with E-state index in [1.807, 2.05) is 6.92 Å². The number of carbonyl (C=O) groups is 2. The number of likely N-dealkylation sites (N-methyl/N-ethyl adjacent to an activating group) is 1. The number of morpholine rings is 1. The van der Waals surface area contributed by atoms with Crippen molar-refractivity contribution in [3.63, 3.8) is 0 Å². The summed E-state index contributed by atoms with van der Waals surface area (Å²) < 4.78 is 49.7. The lowest BCUT2D eigenvalue weighted by Gasteiger charge is -2.29. The molecular formula is C24H24F3N5O4S. The van der Waals surface area contributed by atoms with Crippen LogP contribution in [0.3, 0.4) is 0 Å². The Labute approximate surface area is 214 Å². The van der Waals surface area contributed by atoms with Crippen LogP contribution < -0.4 is 10.1 Å². The molecule has 1 saturated heterocycles. The molecule has 1 fully saturated rings. The molecule has 0 bridgehead atoms. The first-order chi connectivity index (χ1) is 17.5. The fraction of sp³-hybridized carbons (Fsp3) is 0.375. The molecule has 0 saturated carbocycles. The smallest absolute Gasteiger partial charge is 0.451 e. The van der Waals surface area contributed by atoms with Gasteiger partial charge in [0.05, 0.1) is 6.04 Å². The standard InChI is InChI=1S/C24H24F3N5O4S/c1-13-7-28-22(37-13)16-4-15(5-18(6-16)35-11-19-10-32(3)20(33)12-36-19)21(34)31-14(2)17-8-29-23(30-9-17)24(25,26)27/h4-9,14,19H,10-12H2,1-3H3,(H,31,34)/t14-,19?/m1/s1. The second-order valence-corrected chi connectivity index (χ2v) is 9.81. The molecule has 2 amide bonds. The molecule has 1 aliphatic rings. The number of aryl methyl sites for hydroxylation is 1. The minimum absolute atomic E-state index is 0.0256. The van der Waals surface area contributed by atoms with Gasteiger partial charge in [0.1, 0.15) is 30.1 Å². The van der Waals surface area contributed by atoms with Crippen LogP contribution in [0, 0.1) is 6.92 Å². The molecule has 13 heteroatoms. The number of aromatic nitrogens is 3. The van der Waals surface area contributed by atoms with Crippen molar-refractivity contribution in [3.05, 3.63) is 58.6 Å². The zero-order chi connectivity index (χ0) is 26.7. The number of carbonyl (C=O) groups excluding carboxylic acids is 2. The van der Waals surface area contributed by atoms with Crippen LogP contribution in [0.25, 0.3) is 10.6 Å². The molecule has 1 N–H and O–H groups in total. The molecule has 9 nitrogen and oxygen atoms in total. The first-order valence-electron chi connectivity index (χ1n) is 11.3. The van der Waals surface area contributed by atoms with E-state index in [1.165, 1.54) is 11.3 Å². The molecule has 3 aromatic rings. The normalized spacial score (nSPS) is 17.0. The predicted molar refractivity (Wildman–Crippen MR) is 128 cm³/mol. The van der Waals surface area contributed by atoms with E-state index in [0.717, 1.165) is 17.3 Å². The summed E-state index contributed by atoms with van der Waals surface area (Å²) in [6.45, 7) is 4.05. The SMILES string of the molecule is Cc1cnc(-c2cc(OCC3CN(C)C(=O)CO3)cc(C(=O)N[C@H](C)c3cnc(C(F)(F)F)nc3)c2)s1. The van der Waals surface area contributed by atoms with Crippen molar-refractivity contribution < 1.29 is 32.2 Å². The van der Waals surface area contributed by atoms with Crippen LogP contribution >= 0.6 is 11.3 Å². The lowest BCUT2D eigenvalue weighted by Crippen LogP contribution is -2.46. The zero-order valence-corrected chi connectivity index (χ0v) is 21.0. The zero-order valence-electron chi connectivity index (χ0n) is 20.2. The predicted octanol–water partition coefficient (Wildman–Crippen LogP) is 3.65. The third-order valence-corrected chi connectivity index (χ3v) is 6.55. The van der Waals surface area contributed by atoms with Crippen LogP contribution in [0.15, 0.2) is 36.8 Å². The number of thiazole rings is 1. The highest BCUT2D eigenvalue weighted by atomic mass is 32.1. The average molecular weight is 536 g/mol. The first kappa shape index (κ1) is 26.5. The average Bonchev–Trinajstić information content (AvgIpc) is 3.30. The molecule has 2 aromatic heterocycles. The van der Waals surface area contributed by atoms with Crippen LogP contribution in [-0.4, -0.2) is 64.6 Å². The van der Waals surface area contributed by atoms with Crippen molar-refractivity contribution in [2.24, 2.45) is 0 Å². The number of nitrogens with zero attached hydrogens (tertiary/aromatic N) is 4. The van der Waals surface area contributed by atoms with E-state index < -0.39 is 23.9 Å². The van der Waals surface area contributed by atoms with Gasteiger partial charge in [-0.25, -0.2) is 15.0 Å². The summed E-state index contributed by atoms with van der Waals surface area (Å²) in [5, 5.41) is 3.45. The maximum atomic E-state index is 13.1. The fourth-order valence-corrected chi connectivity index (χ4v) is 4.30. The highest BCUT2D eigenvalue weighted by Crippen LogP contribution is 2.30. The number of halogens is 3. The number of hydrogen-bond donors (Lipinski definition) is 1. The summed E-state index contributed by atoms with van der Waals surface area (Å²) in [5.41, 5.74) is 1.26. The fourth-order valence-electron chi connectivity index (χ4n) is 3.55. The Morgan fingerprint density at radius 3 is 2.59 bits per heavy atom. The number of nitrogens with one attached hydrogen (secondary N) is 1. The number of rotatable bonds is 7. The molecule has 37 heavy (non-hydrogen) atoms. The molecule has 1 aromatic carbocycles. The Balaban J connectivity index is 1.52. The Bertz CT molecular complexity index is 1280. The minimum atomic E-state index is -4.65. The molecule has 0 radical (unpaired) electrons. The molecule has 196 valence electrons. The molecule has 2 atom stereocenters. The second kappa shape index (κ2) is 10.8. The van der Waals surface area contributed by atoms with Crippen LogP contribution in [-0.2, 0) is 15.7 Å². The maximum absolute atomic E-state index is 13.1. The maximum Gasteiger partial charge on any atom is 0.451 e. The third kappa shape index (κ3) is 6.60. The van der Waals surface area contributed by atoms with E-state index in [4.69, 9.17) is 9.47 Å². The summed E-state index contributed by atoms with van der Waals surface area (Å²) in [6, 6.07) is 4.33. The van der Waals surface area contributed by atoms with Gasteiger partial charge in [-0.1, -0.05) is 0 Å². The molecule has 0 spiro atoms. The van der Waals surface area contributed by atoms with Gasteiger partial charge in [-0.15, -0.1) is 11.3 Å². The van der Waals surface area contributed by atoms with Gasteiger partial charge >= 0.3 is 6.18 Å². The van der Waals surface area contributed by atoms with Crippen molar-refractivity contribution in [2.45, 2.75) is 32.2 Å². The Morgan fingerprint density at radius 2 is 1.97 bits per heavy atom. The molecule has 1 unspecified atom stereocenters. The lowest BCUT2D eigenvalue weighted by molar-refractivity contribution is -0.148. The molecule has 0 aliphatic carbocycles. The number of amides is 2.